The van der Waals surface area contributed by atoms with Crippen molar-refractivity contribution in [1.82, 2.24) is 9.34 Å². The summed E-state index contributed by atoms with van der Waals surface area (Å²) >= 11 is 0. The van der Waals surface area contributed by atoms with Crippen LogP contribution >= 0.6 is 14.6 Å². The molecule has 0 aromatic heterocycles. The molecule has 190 valence electrons. The Kier molecular flexibility index (Phi) is 6.37. The molecule has 0 bridgehead atoms. The van der Waals surface area contributed by atoms with Gasteiger partial charge in [0.25, 0.3) is 0 Å². The van der Waals surface area contributed by atoms with Crippen molar-refractivity contribution in [2.24, 2.45) is 0 Å². The topological polar surface area (TPSA) is 43.9 Å². The van der Waals surface area contributed by atoms with Crippen molar-refractivity contribution < 1.29 is 9.13 Å². The van der Waals surface area contributed by atoms with Crippen LogP contribution < -0.4 is 26.1 Å². The van der Waals surface area contributed by atoms with E-state index in [1.807, 2.05) is 6.92 Å². The maximum absolute atomic E-state index is 15.5. The molecule has 0 N–H and O–H groups in total. The summed E-state index contributed by atoms with van der Waals surface area (Å²) < 4.78 is 35.2. The first-order valence-electron chi connectivity index (χ1n) is 13.1. The fourth-order valence-electron chi connectivity index (χ4n) is 6.05. The third kappa shape index (κ3) is 3.30. The Morgan fingerprint density at radius 3 is 1.31 bits per heavy atom. The molecule has 0 spiro atoms. The molecule has 3 aromatic rings. The van der Waals surface area contributed by atoms with E-state index in [4.69, 9.17) is 0 Å². The lowest BCUT2D eigenvalue weighted by molar-refractivity contribution is 0.457. The maximum atomic E-state index is 15.5. The molecular weight excluding hydrogens is 484 g/mol. The molecule has 2 heterocycles. The normalized spacial score (nSPS) is 22.0. The van der Waals surface area contributed by atoms with E-state index < -0.39 is 14.6 Å². The SMILES string of the molecule is CCN(CC)P1(=O)c2cc(C)ccc2N2c3ccc(C)cc3P(=O)(N(CC)CC)c3cc(C)cc1c32. The number of benzene rings is 3. The van der Waals surface area contributed by atoms with Crippen LogP contribution in [0.1, 0.15) is 44.4 Å². The van der Waals surface area contributed by atoms with Gasteiger partial charge in [0.2, 0.25) is 14.6 Å². The monoisotopic (exact) mass is 521 g/mol. The van der Waals surface area contributed by atoms with Gasteiger partial charge in [0.15, 0.2) is 0 Å². The Bertz CT molecular complexity index is 1350. The zero-order valence-corrected chi connectivity index (χ0v) is 24.3. The zero-order valence-electron chi connectivity index (χ0n) is 22.5. The van der Waals surface area contributed by atoms with Crippen molar-refractivity contribution >= 4 is 52.9 Å². The van der Waals surface area contributed by atoms with E-state index in [2.05, 4.69) is 104 Å². The molecule has 0 amide bonds. The van der Waals surface area contributed by atoms with Gasteiger partial charge in [-0.15, -0.1) is 0 Å². The third-order valence-corrected chi connectivity index (χ3v) is 14.5. The molecule has 2 unspecified atom stereocenters. The van der Waals surface area contributed by atoms with Gasteiger partial charge in [0.05, 0.1) is 38.3 Å². The first kappa shape index (κ1) is 25.5. The summed E-state index contributed by atoms with van der Waals surface area (Å²) in [5.74, 6) is 0. The molecule has 0 saturated carbocycles. The van der Waals surface area contributed by atoms with Crippen LogP contribution in [0.3, 0.4) is 0 Å². The van der Waals surface area contributed by atoms with E-state index in [9.17, 15) is 0 Å². The number of fused-ring (bicyclic) bond motifs is 4. The lowest BCUT2D eigenvalue weighted by Gasteiger charge is -2.47. The van der Waals surface area contributed by atoms with Crippen LogP contribution in [0.4, 0.5) is 17.1 Å². The van der Waals surface area contributed by atoms with Crippen LogP contribution in [0, 0.1) is 20.8 Å². The smallest absolute Gasteiger partial charge is 0.211 e. The van der Waals surface area contributed by atoms with E-state index >= 15 is 9.13 Å². The van der Waals surface area contributed by atoms with Crippen molar-refractivity contribution in [3.63, 3.8) is 0 Å². The molecule has 3 aromatic carbocycles. The summed E-state index contributed by atoms with van der Waals surface area (Å²) in [5.41, 5.74) is 5.91. The Labute approximate surface area is 216 Å². The summed E-state index contributed by atoms with van der Waals surface area (Å²) in [6.07, 6.45) is 0. The second-order valence-electron chi connectivity index (χ2n) is 9.90. The molecule has 2 aliphatic rings. The highest BCUT2D eigenvalue weighted by molar-refractivity contribution is 7.79. The Morgan fingerprint density at radius 2 is 0.944 bits per heavy atom. The number of hydrogen-bond acceptors (Lipinski definition) is 3. The molecule has 7 heteroatoms. The van der Waals surface area contributed by atoms with Gasteiger partial charge in [-0.1, -0.05) is 51.0 Å². The quantitative estimate of drug-likeness (QED) is 0.381. The minimum Gasteiger partial charge on any atom is -0.307 e. The predicted molar refractivity (Wildman–Crippen MR) is 155 cm³/mol. The number of anilines is 3. The number of rotatable bonds is 6. The molecule has 0 radical (unpaired) electrons. The average molecular weight is 522 g/mol. The van der Waals surface area contributed by atoms with Gasteiger partial charge in [-0.05, 0) is 62.7 Å². The van der Waals surface area contributed by atoms with Gasteiger partial charge < -0.3 is 4.90 Å². The summed E-state index contributed by atoms with van der Waals surface area (Å²) in [6.45, 7) is 17.2. The highest BCUT2D eigenvalue weighted by Crippen LogP contribution is 2.63. The Balaban J connectivity index is 2.01. The van der Waals surface area contributed by atoms with Gasteiger partial charge in [0.1, 0.15) is 0 Å². The molecule has 2 aliphatic heterocycles. The summed E-state index contributed by atoms with van der Waals surface area (Å²) in [4.78, 5) is 2.24. The van der Waals surface area contributed by atoms with Gasteiger partial charge in [-0.2, -0.15) is 0 Å². The molecule has 36 heavy (non-hydrogen) atoms. The Hall–Kier alpha value is -2.16. The maximum Gasteiger partial charge on any atom is 0.211 e. The Morgan fingerprint density at radius 1 is 0.583 bits per heavy atom. The fourth-order valence-corrected chi connectivity index (χ4v) is 13.0. The van der Waals surface area contributed by atoms with Crippen molar-refractivity contribution in [2.75, 3.05) is 31.1 Å². The molecular formula is C29H37N3O2P2. The molecule has 5 nitrogen and oxygen atoms in total. The average Bonchev–Trinajstić information content (AvgIpc) is 2.86. The molecule has 0 saturated heterocycles. The standard InChI is InChI=1S/C29H37N3O2P2/c1-8-30(9-2)35(33)25-16-20(5)12-14-23(25)32-24-15-13-21(6)17-26(24)36(34,31(10-3)11-4)28-19-22(7)18-27(35)29(28)32/h12-19H,8-11H2,1-7H3. The highest BCUT2D eigenvalue weighted by Gasteiger charge is 2.51. The van der Waals surface area contributed by atoms with Gasteiger partial charge >= 0.3 is 0 Å². The summed E-state index contributed by atoms with van der Waals surface area (Å²) in [5, 5.41) is 3.39. The second-order valence-corrected chi connectivity index (χ2v) is 15.3. The minimum atomic E-state index is -3.17. The number of aryl methyl sites for hydroxylation is 3. The summed E-state index contributed by atoms with van der Waals surface area (Å²) in [7, 11) is -6.35. The molecule has 5 rings (SSSR count). The number of hydrogen-bond donors (Lipinski definition) is 0. The van der Waals surface area contributed by atoms with Crippen LogP contribution in [0.15, 0.2) is 48.5 Å². The van der Waals surface area contributed by atoms with E-state index in [1.165, 1.54) is 0 Å². The van der Waals surface area contributed by atoms with E-state index in [0.717, 1.165) is 55.0 Å². The minimum absolute atomic E-state index is 0.674. The third-order valence-electron chi connectivity index (χ3n) is 7.74. The fraction of sp³-hybridized carbons (Fsp3) is 0.379. The lowest BCUT2D eigenvalue weighted by atomic mass is 10.1. The van der Waals surface area contributed by atoms with Crippen LogP contribution in [0.25, 0.3) is 0 Å². The van der Waals surface area contributed by atoms with Crippen LogP contribution in [0.2, 0.25) is 0 Å². The van der Waals surface area contributed by atoms with Gasteiger partial charge in [-0.3, -0.25) is 9.13 Å². The largest absolute Gasteiger partial charge is 0.307 e. The second kappa shape index (κ2) is 8.99. The first-order chi connectivity index (χ1) is 17.2. The van der Waals surface area contributed by atoms with Crippen molar-refractivity contribution in [3.05, 3.63) is 65.2 Å². The predicted octanol–water partition coefficient (Wildman–Crippen LogP) is 5.85. The van der Waals surface area contributed by atoms with Crippen molar-refractivity contribution in [1.29, 1.82) is 0 Å². The van der Waals surface area contributed by atoms with E-state index in [0.29, 0.717) is 26.2 Å². The zero-order chi connectivity index (χ0) is 26.0. The molecule has 0 aliphatic carbocycles. The van der Waals surface area contributed by atoms with Crippen LogP contribution in [-0.2, 0) is 9.13 Å². The van der Waals surface area contributed by atoms with Crippen molar-refractivity contribution in [2.45, 2.75) is 48.5 Å². The number of nitrogens with zero attached hydrogens (tertiary/aromatic N) is 3. The molecule has 0 fully saturated rings. The highest BCUT2D eigenvalue weighted by atomic mass is 31.2. The lowest BCUT2D eigenvalue weighted by Crippen LogP contribution is -2.48. The van der Waals surface area contributed by atoms with Gasteiger partial charge in [-0.25, -0.2) is 9.34 Å². The summed E-state index contributed by atoms with van der Waals surface area (Å²) in [6, 6.07) is 16.8. The van der Waals surface area contributed by atoms with E-state index in [-0.39, 0.29) is 0 Å². The van der Waals surface area contributed by atoms with Crippen LogP contribution in [-0.4, -0.2) is 35.5 Å². The van der Waals surface area contributed by atoms with Crippen molar-refractivity contribution in [3.8, 4) is 0 Å². The van der Waals surface area contributed by atoms with E-state index in [1.54, 1.807) is 0 Å². The molecule has 2 atom stereocenters. The van der Waals surface area contributed by atoms with Gasteiger partial charge in [0, 0.05) is 26.2 Å². The van der Waals surface area contributed by atoms with Crippen LogP contribution in [0.5, 0.6) is 0 Å². The first-order valence-corrected chi connectivity index (χ1v) is 16.4.